The maximum atomic E-state index is 9.04. The fourth-order valence-electron chi connectivity index (χ4n) is 2.28. The summed E-state index contributed by atoms with van der Waals surface area (Å²) in [5, 5.41) is 9.04. The Kier molecular flexibility index (Phi) is 7.14. The van der Waals surface area contributed by atoms with Gasteiger partial charge in [0, 0.05) is 24.9 Å². The summed E-state index contributed by atoms with van der Waals surface area (Å²) in [4.78, 5) is 2.40. The standard InChI is InChI=1S/C12H23NOS/c14-10-9-13(8-4-5-11-15)12-6-2-1-3-7-12/h4-5,12,14-15H,1-3,6-11H2. The molecule has 1 aliphatic carbocycles. The van der Waals surface area contributed by atoms with E-state index in [2.05, 4.69) is 29.7 Å². The lowest BCUT2D eigenvalue weighted by molar-refractivity contribution is 0.137. The van der Waals surface area contributed by atoms with Crippen LogP contribution in [0.25, 0.3) is 0 Å². The smallest absolute Gasteiger partial charge is 0.0558 e. The molecule has 1 saturated carbocycles. The molecule has 0 aromatic rings. The Bertz CT molecular complexity index is 178. The third kappa shape index (κ3) is 5.05. The van der Waals surface area contributed by atoms with Gasteiger partial charge in [0.1, 0.15) is 0 Å². The lowest BCUT2D eigenvalue weighted by atomic mass is 9.94. The average molecular weight is 229 g/mol. The Balaban J connectivity index is 2.36. The Hall–Kier alpha value is 0.01000. The Morgan fingerprint density at radius 1 is 1.20 bits per heavy atom. The van der Waals surface area contributed by atoms with E-state index in [-0.39, 0.29) is 6.61 Å². The maximum absolute atomic E-state index is 9.04. The highest BCUT2D eigenvalue weighted by Crippen LogP contribution is 2.22. The number of hydrogen-bond donors (Lipinski definition) is 2. The van der Waals surface area contributed by atoms with Crippen LogP contribution in [0.5, 0.6) is 0 Å². The summed E-state index contributed by atoms with van der Waals surface area (Å²) in [6.07, 6.45) is 10.9. The van der Waals surface area contributed by atoms with Crippen molar-refractivity contribution in [2.45, 2.75) is 38.1 Å². The Labute approximate surface area is 98.8 Å². The van der Waals surface area contributed by atoms with Crippen molar-refractivity contribution in [3.8, 4) is 0 Å². The predicted molar refractivity (Wildman–Crippen MR) is 68.5 cm³/mol. The van der Waals surface area contributed by atoms with Crippen LogP contribution in [0.4, 0.5) is 0 Å². The SMILES string of the molecule is OCCN(CC=CCS)C1CCCCC1. The summed E-state index contributed by atoms with van der Waals surface area (Å²) in [5.41, 5.74) is 0. The van der Waals surface area contributed by atoms with Crippen LogP contribution >= 0.6 is 12.6 Å². The molecule has 1 rings (SSSR count). The van der Waals surface area contributed by atoms with E-state index in [1.165, 1.54) is 32.1 Å². The average Bonchev–Trinajstić information content (AvgIpc) is 2.29. The highest BCUT2D eigenvalue weighted by molar-refractivity contribution is 7.80. The second kappa shape index (κ2) is 8.20. The summed E-state index contributed by atoms with van der Waals surface area (Å²) in [5.74, 6) is 0.803. The van der Waals surface area contributed by atoms with E-state index in [0.29, 0.717) is 6.04 Å². The van der Waals surface area contributed by atoms with Crippen molar-refractivity contribution in [3.63, 3.8) is 0 Å². The molecule has 3 heteroatoms. The minimum atomic E-state index is 0.269. The molecular weight excluding hydrogens is 206 g/mol. The fraction of sp³-hybridized carbons (Fsp3) is 0.833. The van der Waals surface area contributed by atoms with Gasteiger partial charge in [0.2, 0.25) is 0 Å². The Morgan fingerprint density at radius 2 is 1.93 bits per heavy atom. The topological polar surface area (TPSA) is 23.5 Å². The first kappa shape index (κ1) is 13.1. The van der Waals surface area contributed by atoms with Gasteiger partial charge in [-0.1, -0.05) is 31.4 Å². The first-order valence-electron chi connectivity index (χ1n) is 5.99. The number of aliphatic hydroxyl groups excluding tert-OH is 1. The molecule has 0 aromatic heterocycles. The van der Waals surface area contributed by atoms with Gasteiger partial charge in [0.15, 0.2) is 0 Å². The lowest BCUT2D eigenvalue weighted by Crippen LogP contribution is -2.38. The number of aliphatic hydroxyl groups is 1. The highest BCUT2D eigenvalue weighted by atomic mass is 32.1. The minimum Gasteiger partial charge on any atom is -0.395 e. The van der Waals surface area contributed by atoms with Crippen LogP contribution in [0.1, 0.15) is 32.1 Å². The second-order valence-electron chi connectivity index (χ2n) is 4.16. The largest absolute Gasteiger partial charge is 0.395 e. The first-order chi connectivity index (χ1) is 7.38. The zero-order valence-electron chi connectivity index (χ0n) is 9.44. The highest BCUT2D eigenvalue weighted by Gasteiger charge is 2.19. The van der Waals surface area contributed by atoms with Crippen molar-refractivity contribution in [2.24, 2.45) is 0 Å². The summed E-state index contributed by atoms with van der Waals surface area (Å²) >= 11 is 4.15. The van der Waals surface area contributed by atoms with E-state index >= 15 is 0 Å². The summed E-state index contributed by atoms with van der Waals surface area (Å²) in [6.45, 7) is 2.04. The molecule has 15 heavy (non-hydrogen) atoms. The number of thiol groups is 1. The van der Waals surface area contributed by atoms with Crippen LogP contribution < -0.4 is 0 Å². The van der Waals surface area contributed by atoms with Crippen molar-refractivity contribution in [3.05, 3.63) is 12.2 Å². The van der Waals surface area contributed by atoms with Gasteiger partial charge in [-0.2, -0.15) is 12.6 Å². The molecule has 0 aliphatic heterocycles. The van der Waals surface area contributed by atoms with Gasteiger partial charge in [-0.15, -0.1) is 0 Å². The van der Waals surface area contributed by atoms with Gasteiger partial charge in [-0.05, 0) is 12.8 Å². The molecule has 1 fully saturated rings. The monoisotopic (exact) mass is 229 g/mol. The number of nitrogens with zero attached hydrogens (tertiary/aromatic N) is 1. The third-order valence-electron chi connectivity index (χ3n) is 3.09. The van der Waals surface area contributed by atoms with E-state index in [1.54, 1.807) is 0 Å². The van der Waals surface area contributed by atoms with E-state index in [1.807, 2.05) is 0 Å². The first-order valence-corrected chi connectivity index (χ1v) is 6.62. The zero-order valence-corrected chi connectivity index (χ0v) is 10.3. The zero-order chi connectivity index (χ0) is 10.9. The minimum absolute atomic E-state index is 0.269. The van der Waals surface area contributed by atoms with E-state index in [0.717, 1.165) is 18.8 Å². The van der Waals surface area contributed by atoms with Crippen molar-refractivity contribution < 1.29 is 5.11 Å². The summed E-state index contributed by atoms with van der Waals surface area (Å²) in [7, 11) is 0. The molecule has 0 saturated heterocycles. The van der Waals surface area contributed by atoms with Crippen molar-refractivity contribution in [1.29, 1.82) is 0 Å². The molecule has 0 atom stereocenters. The molecule has 0 unspecified atom stereocenters. The molecule has 88 valence electrons. The van der Waals surface area contributed by atoms with E-state index in [9.17, 15) is 0 Å². The van der Waals surface area contributed by atoms with Crippen LogP contribution in [0.2, 0.25) is 0 Å². The molecule has 0 radical (unpaired) electrons. The molecule has 0 amide bonds. The van der Waals surface area contributed by atoms with Gasteiger partial charge in [0.05, 0.1) is 6.61 Å². The molecule has 0 aromatic carbocycles. The van der Waals surface area contributed by atoms with Gasteiger partial charge in [0.25, 0.3) is 0 Å². The summed E-state index contributed by atoms with van der Waals surface area (Å²) < 4.78 is 0. The molecule has 1 aliphatic rings. The van der Waals surface area contributed by atoms with Gasteiger partial charge in [-0.3, -0.25) is 4.90 Å². The van der Waals surface area contributed by atoms with Gasteiger partial charge >= 0.3 is 0 Å². The maximum Gasteiger partial charge on any atom is 0.0558 e. The quantitative estimate of drug-likeness (QED) is 0.538. The van der Waals surface area contributed by atoms with Crippen molar-refractivity contribution in [1.82, 2.24) is 4.90 Å². The second-order valence-corrected chi connectivity index (χ2v) is 4.53. The van der Waals surface area contributed by atoms with Crippen molar-refractivity contribution >= 4 is 12.6 Å². The molecular formula is C12H23NOS. The number of rotatable bonds is 6. The van der Waals surface area contributed by atoms with Crippen LogP contribution in [0.15, 0.2) is 12.2 Å². The molecule has 0 spiro atoms. The van der Waals surface area contributed by atoms with Gasteiger partial charge < -0.3 is 5.11 Å². The molecule has 2 nitrogen and oxygen atoms in total. The van der Waals surface area contributed by atoms with Gasteiger partial charge in [-0.25, -0.2) is 0 Å². The van der Waals surface area contributed by atoms with E-state index < -0.39 is 0 Å². The van der Waals surface area contributed by atoms with Crippen LogP contribution in [0.3, 0.4) is 0 Å². The normalized spacial score (nSPS) is 19.1. The predicted octanol–water partition coefficient (Wildman–Crippen LogP) is 2.10. The summed E-state index contributed by atoms with van der Waals surface area (Å²) in [6, 6.07) is 0.690. The van der Waals surface area contributed by atoms with Crippen LogP contribution in [0, 0.1) is 0 Å². The fourth-order valence-corrected chi connectivity index (χ4v) is 2.43. The Morgan fingerprint density at radius 3 is 2.53 bits per heavy atom. The van der Waals surface area contributed by atoms with Crippen LogP contribution in [-0.2, 0) is 0 Å². The van der Waals surface area contributed by atoms with E-state index in [4.69, 9.17) is 5.11 Å². The lowest BCUT2D eigenvalue weighted by Gasteiger charge is -2.33. The molecule has 0 heterocycles. The van der Waals surface area contributed by atoms with Crippen molar-refractivity contribution in [2.75, 3.05) is 25.4 Å². The molecule has 1 N–H and O–H groups in total. The third-order valence-corrected chi connectivity index (χ3v) is 3.30. The molecule has 0 bridgehead atoms. The number of hydrogen-bond acceptors (Lipinski definition) is 3. The van der Waals surface area contributed by atoms with Crippen LogP contribution in [-0.4, -0.2) is 41.5 Å².